The van der Waals surface area contributed by atoms with Gasteiger partial charge < -0.3 is 10.0 Å². The van der Waals surface area contributed by atoms with Crippen LogP contribution in [0.4, 0.5) is 0 Å². The van der Waals surface area contributed by atoms with Gasteiger partial charge in [0.2, 0.25) is 0 Å². The van der Waals surface area contributed by atoms with Crippen molar-refractivity contribution in [3.8, 4) is 0 Å². The Morgan fingerprint density at radius 1 is 1.05 bits per heavy atom. The van der Waals surface area contributed by atoms with Crippen LogP contribution in [0.5, 0.6) is 0 Å². The van der Waals surface area contributed by atoms with Gasteiger partial charge in [-0.25, -0.2) is 0 Å². The Morgan fingerprint density at radius 3 is 2.05 bits per heavy atom. The normalized spacial score (nSPS) is 34.4. The molecule has 20 heavy (non-hydrogen) atoms. The van der Waals surface area contributed by atoms with Gasteiger partial charge >= 0.3 is 0 Å². The van der Waals surface area contributed by atoms with Crippen LogP contribution in [0.2, 0.25) is 0 Å². The van der Waals surface area contributed by atoms with Gasteiger partial charge in [-0.3, -0.25) is 0 Å². The third-order valence-electron chi connectivity index (χ3n) is 6.04. The van der Waals surface area contributed by atoms with Crippen molar-refractivity contribution in [1.82, 2.24) is 4.90 Å². The van der Waals surface area contributed by atoms with E-state index in [-0.39, 0.29) is 5.41 Å². The molecule has 1 saturated carbocycles. The van der Waals surface area contributed by atoms with Crippen LogP contribution in [-0.4, -0.2) is 36.2 Å². The minimum atomic E-state index is 0.209. The van der Waals surface area contributed by atoms with Crippen LogP contribution in [-0.2, 0) is 0 Å². The Balaban J connectivity index is 1.85. The molecule has 0 aromatic rings. The number of aliphatic hydroxyl groups excluding tert-OH is 1. The van der Waals surface area contributed by atoms with Crippen molar-refractivity contribution in [3.63, 3.8) is 0 Å². The Hall–Kier alpha value is -0.0800. The number of hydrogen-bond donors (Lipinski definition) is 1. The molecule has 0 amide bonds. The van der Waals surface area contributed by atoms with E-state index in [1.165, 1.54) is 51.6 Å². The van der Waals surface area contributed by atoms with Crippen LogP contribution in [0.15, 0.2) is 0 Å². The molecule has 1 saturated heterocycles. The molecular formula is C18H35NO. The number of aliphatic hydroxyl groups is 1. The lowest BCUT2D eigenvalue weighted by atomic mass is 9.70. The monoisotopic (exact) mass is 281 g/mol. The van der Waals surface area contributed by atoms with Crippen molar-refractivity contribution in [2.24, 2.45) is 22.7 Å². The van der Waals surface area contributed by atoms with Gasteiger partial charge in [-0.2, -0.15) is 0 Å². The van der Waals surface area contributed by atoms with Gasteiger partial charge in [0.05, 0.1) is 0 Å². The van der Waals surface area contributed by atoms with E-state index in [2.05, 4.69) is 32.6 Å². The first-order chi connectivity index (χ1) is 9.35. The van der Waals surface area contributed by atoms with E-state index >= 15 is 0 Å². The van der Waals surface area contributed by atoms with Crippen LogP contribution in [0, 0.1) is 22.7 Å². The molecule has 1 N–H and O–H groups in total. The fraction of sp³-hybridized carbons (Fsp3) is 1.00. The number of likely N-dealkylation sites (tertiary alicyclic amines) is 1. The Bertz CT molecular complexity index is 291. The first-order valence-corrected chi connectivity index (χ1v) is 8.68. The van der Waals surface area contributed by atoms with Crippen LogP contribution in [0.25, 0.3) is 0 Å². The van der Waals surface area contributed by atoms with E-state index in [1.807, 2.05) is 0 Å². The fourth-order valence-electron chi connectivity index (χ4n) is 4.17. The molecule has 1 aliphatic carbocycles. The summed E-state index contributed by atoms with van der Waals surface area (Å²) in [5.74, 6) is 1.73. The first kappa shape index (κ1) is 16.3. The standard InChI is InChI=1S/C18H35NO/c1-15-5-9-18(14-20,10-6-15)13-19-11-7-16(8-12-19)17(2,3)4/h15-16,20H,5-14H2,1-4H3. The first-order valence-electron chi connectivity index (χ1n) is 8.68. The van der Waals surface area contributed by atoms with Gasteiger partial charge in [-0.15, -0.1) is 0 Å². The second kappa shape index (κ2) is 6.36. The second-order valence-electron chi connectivity index (χ2n) is 8.76. The molecule has 0 spiro atoms. The van der Waals surface area contributed by atoms with E-state index in [9.17, 15) is 5.11 Å². The molecule has 2 fully saturated rings. The van der Waals surface area contributed by atoms with Gasteiger partial charge in [-0.05, 0) is 56.0 Å². The third-order valence-corrected chi connectivity index (χ3v) is 6.04. The molecule has 1 aliphatic heterocycles. The highest BCUT2D eigenvalue weighted by Gasteiger charge is 2.37. The average molecular weight is 281 g/mol. The van der Waals surface area contributed by atoms with Crippen molar-refractivity contribution in [3.05, 3.63) is 0 Å². The summed E-state index contributed by atoms with van der Waals surface area (Å²) in [6.07, 6.45) is 7.73. The lowest BCUT2D eigenvalue weighted by Gasteiger charge is -2.45. The molecule has 0 aromatic carbocycles. The third kappa shape index (κ3) is 3.98. The largest absolute Gasteiger partial charge is 0.396 e. The lowest BCUT2D eigenvalue weighted by Crippen LogP contribution is -2.46. The minimum absolute atomic E-state index is 0.209. The van der Waals surface area contributed by atoms with Crippen molar-refractivity contribution in [2.75, 3.05) is 26.2 Å². The predicted octanol–water partition coefficient (Wildman–Crippen LogP) is 3.93. The van der Waals surface area contributed by atoms with Gasteiger partial charge in [-0.1, -0.05) is 40.5 Å². The number of nitrogens with zero attached hydrogens (tertiary/aromatic N) is 1. The predicted molar refractivity (Wildman–Crippen MR) is 85.8 cm³/mol. The Kier molecular flexibility index (Phi) is 5.18. The summed E-state index contributed by atoms with van der Waals surface area (Å²) >= 11 is 0. The van der Waals surface area contributed by atoms with Crippen molar-refractivity contribution in [2.45, 2.75) is 66.2 Å². The van der Waals surface area contributed by atoms with Gasteiger partial charge in [0.1, 0.15) is 0 Å². The highest BCUT2D eigenvalue weighted by Crippen LogP contribution is 2.41. The van der Waals surface area contributed by atoms with Gasteiger partial charge in [0.15, 0.2) is 0 Å². The zero-order valence-corrected chi connectivity index (χ0v) is 14.1. The van der Waals surface area contributed by atoms with E-state index in [4.69, 9.17) is 0 Å². The molecule has 2 rings (SSSR count). The maximum atomic E-state index is 9.91. The van der Waals surface area contributed by atoms with E-state index in [1.54, 1.807) is 0 Å². The maximum Gasteiger partial charge on any atom is 0.0499 e. The van der Waals surface area contributed by atoms with Crippen LogP contribution >= 0.6 is 0 Å². The van der Waals surface area contributed by atoms with Crippen molar-refractivity contribution in [1.29, 1.82) is 0 Å². The van der Waals surface area contributed by atoms with Crippen LogP contribution < -0.4 is 0 Å². The molecular weight excluding hydrogens is 246 g/mol. The fourth-order valence-corrected chi connectivity index (χ4v) is 4.17. The summed E-state index contributed by atoms with van der Waals surface area (Å²) in [4.78, 5) is 2.63. The average Bonchev–Trinajstić information content (AvgIpc) is 2.41. The van der Waals surface area contributed by atoms with Gasteiger partial charge in [0, 0.05) is 18.6 Å². The van der Waals surface area contributed by atoms with Crippen LogP contribution in [0.3, 0.4) is 0 Å². The summed E-state index contributed by atoms with van der Waals surface area (Å²) in [6.45, 7) is 13.5. The summed E-state index contributed by atoms with van der Waals surface area (Å²) in [6, 6.07) is 0. The molecule has 2 nitrogen and oxygen atoms in total. The molecule has 0 radical (unpaired) electrons. The zero-order valence-electron chi connectivity index (χ0n) is 14.1. The Labute approximate surface area is 125 Å². The van der Waals surface area contributed by atoms with Crippen molar-refractivity contribution >= 4 is 0 Å². The summed E-state index contributed by atoms with van der Waals surface area (Å²) in [7, 11) is 0. The number of rotatable bonds is 3. The SMILES string of the molecule is CC1CCC(CO)(CN2CCC(C(C)(C)C)CC2)CC1. The molecule has 118 valence electrons. The molecule has 0 bridgehead atoms. The topological polar surface area (TPSA) is 23.5 Å². The number of piperidine rings is 1. The summed E-state index contributed by atoms with van der Waals surface area (Å²) < 4.78 is 0. The summed E-state index contributed by atoms with van der Waals surface area (Å²) in [5.41, 5.74) is 0.669. The minimum Gasteiger partial charge on any atom is -0.396 e. The molecule has 1 heterocycles. The van der Waals surface area contributed by atoms with Gasteiger partial charge in [0.25, 0.3) is 0 Å². The lowest BCUT2D eigenvalue weighted by molar-refractivity contribution is 0.0107. The molecule has 0 atom stereocenters. The smallest absolute Gasteiger partial charge is 0.0499 e. The maximum absolute atomic E-state index is 9.91. The Morgan fingerprint density at radius 2 is 1.60 bits per heavy atom. The summed E-state index contributed by atoms with van der Waals surface area (Å²) in [5, 5.41) is 9.91. The number of hydrogen-bond acceptors (Lipinski definition) is 2. The van der Waals surface area contributed by atoms with E-state index < -0.39 is 0 Å². The molecule has 0 aromatic heterocycles. The quantitative estimate of drug-likeness (QED) is 0.847. The molecule has 0 unspecified atom stereocenters. The zero-order chi connectivity index (χ0) is 14.8. The van der Waals surface area contributed by atoms with E-state index in [0.717, 1.165) is 18.4 Å². The highest BCUT2D eigenvalue weighted by atomic mass is 16.3. The highest BCUT2D eigenvalue weighted by molar-refractivity contribution is 4.89. The van der Waals surface area contributed by atoms with Crippen LogP contribution in [0.1, 0.15) is 66.2 Å². The second-order valence-corrected chi connectivity index (χ2v) is 8.76. The molecule has 2 heteroatoms. The van der Waals surface area contributed by atoms with Crippen molar-refractivity contribution < 1.29 is 5.11 Å². The molecule has 2 aliphatic rings. The van der Waals surface area contributed by atoms with E-state index in [0.29, 0.717) is 12.0 Å².